The number of halogens is 1. The summed E-state index contributed by atoms with van der Waals surface area (Å²) in [7, 11) is 1.50. The van der Waals surface area contributed by atoms with Gasteiger partial charge in [0.25, 0.3) is 0 Å². The second-order valence-corrected chi connectivity index (χ2v) is 8.04. The predicted octanol–water partition coefficient (Wildman–Crippen LogP) is 4.24. The lowest BCUT2D eigenvalue weighted by atomic mass is 10.00. The first-order chi connectivity index (χ1) is 14.0. The Balaban J connectivity index is 0.00000145. The average molecular weight is 432 g/mol. The van der Waals surface area contributed by atoms with E-state index in [0.717, 1.165) is 34.0 Å². The summed E-state index contributed by atoms with van der Waals surface area (Å²) in [6.07, 6.45) is 1.26. The fourth-order valence-electron chi connectivity index (χ4n) is 3.16. The van der Waals surface area contributed by atoms with Gasteiger partial charge in [0.05, 0.1) is 11.8 Å². The van der Waals surface area contributed by atoms with Crippen molar-refractivity contribution in [1.29, 1.82) is 0 Å². The second-order valence-electron chi connectivity index (χ2n) is 6.40. The van der Waals surface area contributed by atoms with Crippen molar-refractivity contribution >= 4 is 52.5 Å². The van der Waals surface area contributed by atoms with Crippen molar-refractivity contribution in [3.8, 4) is 0 Å². The molecule has 0 spiro atoms. The van der Waals surface area contributed by atoms with Gasteiger partial charge in [0.15, 0.2) is 0 Å². The lowest BCUT2D eigenvalue weighted by Crippen LogP contribution is -2.34. The molecule has 1 aliphatic heterocycles. The Labute approximate surface area is 180 Å². The number of hydrogen-bond acceptors (Lipinski definition) is 6. The van der Waals surface area contributed by atoms with E-state index in [9.17, 15) is 4.79 Å². The van der Waals surface area contributed by atoms with Crippen molar-refractivity contribution in [1.82, 2.24) is 0 Å². The molecule has 0 aliphatic carbocycles. The van der Waals surface area contributed by atoms with Gasteiger partial charge >= 0.3 is 0 Å². The zero-order chi connectivity index (χ0) is 21.6. The highest BCUT2D eigenvalue weighted by Gasteiger charge is 2.30. The molecule has 0 amide bonds. The number of amidine groups is 1. The van der Waals surface area contributed by atoms with Gasteiger partial charge in [0.1, 0.15) is 17.1 Å². The molecule has 6 nitrogen and oxygen atoms in total. The molecule has 0 saturated heterocycles. The highest BCUT2D eigenvalue weighted by atomic mass is 35.5. The number of aldehydes is 1. The highest BCUT2D eigenvalue weighted by Crippen LogP contribution is 2.39. The maximum Gasteiger partial charge on any atom is 0.129 e. The summed E-state index contributed by atoms with van der Waals surface area (Å²) >= 11 is 7.77. The van der Waals surface area contributed by atoms with Crippen LogP contribution in [0, 0.1) is 13.8 Å². The average Bonchev–Trinajstić information content (AvgIpc) is 2.91. The Morgan fingerprint density at radius 3 is 2.62 bits per heavy atom. The van der Waals surface area contributed by atoms with E-state index < -0.39 is 0 Å². The second kappa shape index (κ2) is 10.4. The molecule has 2 heterocycles. The first-order valence-electron chi connectivity index (χ1n) is 9.19. The third-order valence-corrected chi connectivity index (χ3v) is 6.13. The van der Waals surface area contributed by atoms with Crippen LogP contribution in [0.5, 0.6) is 0 Å². The number of nitrogens with two attached hydrogens (primary N) is 1. The van der Waals surface area contributed by atoms with Crippen LogP contribution < -0.4 is 10.6 Å². The molecule has 1 aromatic heterocycles. The summed E-state index contributed by atoms with van der Waals surface area (Å²) in [6, 6.07) is 7.48. The molecule has 2 aromatic rings. The maximum absolute atomic E-state index is 11.2. The van der Waals surface area contributed by atoms with Crippen molar-refractivity contribution in [2.24, 2.45) is 20.9 Å². The largest absolute Gasteiger partial charge is 0.333 e. The minimum absolute atomic E-state index is 0.178. The smallest absolute Gasteiger partial charge is 0.129 e. The zero-order valence-electron chi connectivity index (χ0n) is 17.1. The quantitative estimate of drug-likeness (QED) is 0.340. The fraction of sp³-hybridized carbons (Fsp3) is 0.333. The minimum Gasteiger partial charge on any atom is -0.333 e. The summed E-state index contributed by atoms with van der Waals surface area (Å²) in [5, 5.41) is 9.56. The van der Waals surface area contributed by atoms with Gasteiger partial charge in [0.2, 0.25) is 0 Å². The van der Waals surface area contributed by atoms with Gasteiger partial charge in [-0.2, -0.15) is 5.10 Å². The molecule has 0 bridgehead atoms. The number of carbonyl (C=O) groups is 1. The summed E-state index contributed by atoms with van der Waals surface area (Å²) < 4.78 is 0. The predicted molar refractivity (Wildman–Crippen MR) is 125 cm³/mol. The fourth-order valence-corrected chi connectivity index (χ4v) is 4.50. The maximum atomic E-state index is 11.2. The first-order valence-corrected chi connectivity index (χ1v) is 10.4. The summed E-state index contributed by atoms with van der Waals surface area (Å²) in [5.41, 5.74) is 8.62. The number of thiophene rings is 1. The van der Waals surface area contributed by atoms with E-state index >= 15 is 0 Å². The van der Waals surface area contributed by atoms with Crippen molar-refractivity contribution in [3.63, 3.8) is 0 Å². The summed E-state index contributed by atoms with van der Waals surface area (Å²) in [5.74, 6) is 0.732. The number of aliphatic imine (C=N–C) groups is 1. The lowest BCUT2D eigenvalue weighted by molar-refractivity contribution is -0.108. The van der Waals surface area contributed by atoms with Crippen LogP contribution >= 0.6 is 22.9 Å². The van der Waals surface area contributed by atoms with Gasteiger partial charge in [0, 0.05) is 40.7 Å². The van der Waals surface area contributed by atoms with Crippen LogP contribution in [-0.2, 0) is 4.79 Å². The molecule has 1 aromatic carbocycles. The van der Waals surface area contributed by atoms with Gasteiger partial charge in [-0.1, -0.05) is 23.7 Å². The summed E-state index contributed by atoms with van der Waals surface area (Å²) in [6.45, 7) is 10.1. The van der Waals surface area contributed by atoms with Gasteiger partial charge in [-0.15, -0.1) is 16.4 Å². The molecular formula is C21H26ClN5OS. The Morgan fingerprint density at radius 1 is 1.38 bits per heavy atom. The Bertz CT molecular complexity index is 933. The summed E-state index contributed by atoms with van der Waals surface area (Å²) in [4.78, 5) is 19.5. The van der Waals surface area contributed by atoms with Crippen LogP contribution in [0.2, 0.25) is 5.02 Å². The van der Waals surface area contributed by atoms with E-state index in [1.54, 1.807) is 11.3 Å². The number of fused-ring (bicyclic) bond motifs is 1. The number of aryl methyl sites for hydroxylation is 1. The molecule has 2 N–H and O–H groups in total. The molecule has 0 saturated carbocycles. The van der Waals surface area contributed by atoms with Crippen molar-refractivity contribution in [2.45, 2.75) is 33.2 Å². The standard InChI is InChI=1S/C20H21ClN4OS.CH5N/c1-12-13(2)27-20-18(12)19(15-5-7-16(21)8-6-15)23-17(9-10-26)11-25(20)14(3)24-22-4;1-2/h5-8,10,17H,4,9,11H2,1-3H3;2H2,1H3/b24-14-;. The molecule has 154 valence electrons. The number of hydrogen-bond donors (Lipinski definition) is 1. The molecule has 1 atom stereocenters. The van der Waals surface area contributed by atoms with Crippen LogP contribution in [0.4, 0.5) is 5.00 Å². The molecular weight excluding hydrogens is 406 g/mol. The van der Waals surface area contributed by atoms with E-state index in [1.807, 2.05) is 31.2 Å². The van der Waals surface area contributed by atoms with E-state index in [0.29, 0.717) is 18.0 Å². The van der Waals surface area contributed by atoms with Crippen LogP contribution in [0.15, 0.2) is 39.5 Å². The number of benzene rings is 1. The SMILES string of the molecule is C=N/N=C(/C)N1CC(CC=O)N=C(c2ccc(Cl)cc2)c2c1sc(C)c2C.CN. The monoisotopic (exact) mass is 431 g/mol. The van der Waals surface area contributed by atoms with Gasteiger partial charge < -0.3 is 15.4 Å². The minimum atomic E-state index is -0.178. The molecule has 8 heteroatoms. The Kier molecular flexibility index (Phi) is 8.25. The van der Waals surface area contributed by atoms with E-state index in [4.69, 9.17) is 16.6 Å². The lowest BCUT2D eigenvalue weighted by Gasteiger charge is -2.23. The van der Waals surface area contributed by atoms with Crippen LogP contribution in [0.1, 0.15) is 34.9 Å². The highest BCUT2D eigenvalue weighted by molar-refractivity contribution is 7.17. The third-order valence-electron chi connectivity index (χ3n) is 4.65. The Morgan fingerprint density at radius 2 is 2.03 bits per heavy atom. The van der Waals surface area contributed by atoms with Crippen molar-refractivity contribution < 1.29 is 4.79 Å². The number of carbonyl (C=O) groups excluding carboxylic acids is 1. The van der Waals surface area contributed by atoms with Gasteiger partial charge in [-0.25, -0.2) is 0 Å². The zero-order valence-corrected chi connectivity index (χ0v) is 18.7. The molecule has 3 rings (SSSR count). The molecule has 0 radical (unpaired) electrons. The first kappa shape index (κ1) is 22.9. The topological polar surface area (TPSA) is 83.4 Å². The molecule has 29 heavy (non-hydrogen) atoms. The van der Waals surface area contributed by atoms with Crippen LogP contribution in [0.25, 0.3) is 0 Å². The third kappa shape index (κ3) is 4.98. The van der Waals surface area contributed by atoms with Crippen molar-refractivity contribution in [3.05, 3.63) is 50.9 Å². The number of anilines is 1. The number of rotatable bonds is 4. The molecule has 1 aliphatic rings. The van der Waals surface area contributed by atoms with Crippen LogP contribution in [-0.4, -0.2) is 44.2 Å². The molecule has 0 fully saturated rings. The van der Waals surface area contributed by atoms with E-state index in [-0.39, 0.29) is 6.04 Å². The van der Waals surface area contributed by atoms with Crippen LogP contribution in [0.3, 0.4) is 0 Å². The Hall–Kier alpha value is -2.35. The van der Waals surface area contributed by atoms with E-state index in [2.05, 4.69) is 41.4 Å². The van der Waals surface area contributed by atoms with Crippen molar-refractivity contribution in [2.75, 3.05) is 18.5 Å². The van der Waals surface area contributed by atoms with E-state index in [1.165, 1.54) is 17.5 Å². The molecule has 1 unspecified atom stereocenters. The number of nitrogens with zero attached hydrogens (tertiary/aromatic N) is 4. The normalized spacial score (nSPS) is 16.2. The van der Waals surface area contributed by atoms with Gasteiger partial charge in [-0.3, -0.25) is 4.99 Å². The van der Waals surface area contributed by atoms with Gasteiger partial charge in [-0.05, 0) is 45.5 Å².